The zero-order valence-corrected chi connectivity index (χ0v) is 17.4. The zero-order chi connectivity index (χ0) is 23.1. The molecule has 0 amide bonds. The molecule has 0 atom stereocenters. The van der Waals surface area contributed by atoms with E-state index in [0.717, 1.165) is 10.2 Å². The molecule has 0 fully saturated rings. The lowest BCUT2D eigenvalue weighted by atomic mass is 10.0. The van der Waals surface area contributed by atoms with E-state index in [1.54, 1.807) is 6.07 Å². The summed E-state index contributed by atoms with van der Waals surface area (Å²) < 4.78 is 17.6. The Labute approximate surface area is 185 Å². The minimum Gasteiger partial charge on any atom is -0.290 e. The van der Waals surface area contributed by atoms with Gasteiger partial charge in [-0.2, -0.15) is 9.78 Å². The Bertz CT molecular complexity index is 1620. The van der Waals surface area contributed by atoms with Gasteiger partial charge in [-0.1, -0.05) is 30.3 Å². The molecule has 164 valence electrons. The van der Waals surface area contributed by atoms with Crippen LogP contribution in [0.15, 0.2) is 70.4 Å². The molecule has 3 N–H and O–H groups in total. The van der Waals surface area contributed by atoms with Gasteiger partial charge in [0.15, 0.2) is 0 Å². The molecule has 10 nitrogen and oxygen atoms in total. The first-order valence-electron chi connectivity index (χ1n) is 9.98. The van der Waals surface area contributed by atoms with Crippen LogP contribution in [0.3, 0.4) is 0 Å². The summed E-state index contributed by atoms with van der Waals surface area (Å²) in [5.41, 5.74) is 7.83. The fourth-order valence-electron chi connectivity index (χ4n) is 3.62. The Morgan fingerprint density at radius 1 is 1.03 bits per heavy atom. The van der Waals surface area contributed by atoms with Crippen molar-refractivity contribution in [2.75, 3.05) is 5.73 Å². The second-order valence-electron chi connectivity index (χ2n) is 7.34. The SMILES string of the molecule is Cn1nc(-c2c(-c3ccccc3)[nH+]c(N)n3c(=O)n(Cc4ncccc4F)nc23)ccc1=O. The van der Waals surface area contributed by atoms with Crippen molar-refractivity contribution >= 4 is 11.6 Å². The summed E-state index contributed by atoms with van der Waals surface area (Å²) in [5, 5.41) is 8.81. The molecule has 0 bridgehead atoms. The lowest BCUT2D eigenvalue weighted by Gasteiger charge is -2.09. The van der Waals surface area contributed by atoms with E-state index < -0.39 is 11.5 Å². The summed E-state index contributed by atoms with van der Waals surface area (Å²) in [6.07, 6.45) is 1.44. The maximum absolute atomic E-state index is 14.2. The average Bonchev–Trinajstić information content (AvgIpc) is 3.14. The van der Waals surface area contributed by atoms with Crippen LogP contribution in [0, 0.1) is 5.82 Å². The van der Waals surface area contributed by atoms with Crippen LogP contribution in [0.2, 0.25) is 0 Å². The minimum atomic E-state index is -0.575. The Kier molecular flexibility index (Phi) is 4.78. The number of aromatic nitrogens is 7. The van der Waals surface area contributed by atoms with E-state index in [1.807, 2.05) is 30.3 Å². The number of aryl methyl sites for hydroxylation is 1. The summed E-state index contributed by atoms with van der Waals surface area (Å²) in [6, 6.07) is 15.0. The quantitative estimate of drug-likeness (QED) is 0.438. The van der Waals surface area contributed by atoms with Gasteiger partial charge >= 0.3 is 11.6 Å². The summed E-state index contributed by atoms with van der Waals surface area (Å²) in [6.45, 7) is -0.187. The number of nitrogens with zero attached hydrogens (tertiary/aromatic N) is 6. The topological polar surface area (TPSA) is 127 Å². The largest absolute Gasteiger partial charge is 0.411 e. The molecule has 0 radical (unpaired) electrons. The summed E-state index contributed by atoms with van der Waals surface area (Å²) >= 11 is 0. The first-order valence-corrected chi connectivity index (χ1v) is 9.98. The van der Waals surface area contributed by atoms with Crippen LogP contribution in [0.1, 0.15) is 5.69 Å². The number of nitrogens with one attached hydrogen (secondary N) is 1. The van der Waals surface area contributed by atoms with Gasteiger partial charge in [-0.05, 0) is 18.2 Å². The van der Waals surface area contributed by atoms with Crippen LogP contribution in [0.5, 0.6) is 0 Å². The number of anilines is 1. The van der Waals surface area contributed by atoms with Gasteiger partial charge in [0, 0.05) is 24.9 Å². The molecule has 0 aliphatic carbocycles. The highest BCUT2D eigenvalue weighted by Crippen LogP contribution is 2.30. The van der Waals surface area contributed by atoms with Gasteiger partial charge in [0.1, 0.15) is 17.1 Å². The van der Waals surface area contributed by atoms with E-state index in [0.29, 0.717) is 17.0 Å². The number of hydrogen-bond donors (Lipinski definition) is 1. The van der Waals surface area contributed by atoms with Gasteiger partial charge in [-0.15, -0.1) is 9.50 Å². The van der Waals surface area contributed by atoms with Crippen molar-refractivity contribution in [3.63, 3.8) is 0 Å². The average molecular weight is 445 g/mol. The van der Waals surface area contributed by atoms with Crippen LogP contribution in [-0.4, -0.2) is 28.9 Å². The number of aromatic amines is 1. The van der Waals surface area contributed by atoms with E-state index >= 15 is 0 Å². The molecule has 5 rings (SSSR count). The van der Waals surface area contributed by atoms with Crippen molar-refractivity contribution in [1.82, 2.24) is 28.9 Å². The molecule has 4 aromatic heterocycles. The van der Waals surface area contributed by atoms with Crippen LogP contribution in [0.4, 0.5) is 10.3 Å². The van der Waals surface area contributed by atoms with E-state index in [2.05, 4.69) is 20.2 Å². The smallest absolute Gasteiger partial charge is 0.290 e. The van der Waals surface area contributed by atoms with Gasteiger partial charge < -0.3 is 0 Å². The standard InChI is InChI=1S/C22H17FN8O2/c1-29-17(32)10-9-15(27-29)18-19(13-6-3-2-4-7-13)26-21(24)31-20(18)28-30(22(31)33)12-16-14(23)8-5-11-25-16/h2-11H,12H2,1H3,(H2,24,26)/p+1. The molecule has 0 aliphatic rings. The highest BCUT2D eigenvalue weighted by Gasteiger charge is 2.27. The highest BCUT2D eigenvalue weighted by molar-refractivity contribution is 5.86. The molecule has 5 aromatic rings. The number of halogens is 1. The first-order chi connectivity index (χ1) is 15.9. The Balaban J connectivity index is 1.83. The molecule has 4 heterocycles. The van der Waals surface area contributed by atoms with E-state index in [9.17, 15) is 14.0 Å². The number of hydrogen-bond acceptors (Lipinski definition) is 6. The molecule has 0 saturated heterocycles. The van der Waals surface area contributed by atoms with E-state index in [-0.39, 0.29) is 29.4 Å². The van der Waals surface area contributed by atoms with Gasteiger partial charge in [0.25, 0.3) is 5.56 Å². The lowest BCUT2D eigenvalue weighted by Crippen LogP contribution is -2.28. The van der Waals surface area contributed by atoms with Crippen molar-refractivity contribution in [1.29, 1.82) is 0 Å². The van der Waals surface area contributed by atoms with Crippen molar-refractivity contribution in [3.05, 3.63) is 93.1 Å². The van der Waals surface area contributed by atoms with Crippen molar-refractivity contribution in [2.45, 2.75) is 6.54 Å². The number of pyridine rings is 1. The van der Waals surface area contributed by atoms with Gasteiger partial charge in [-0.3, -0.25) is 15.5 Å². The van der Waals surface area contributed by atoms with Crippen LogP contribution < -0.4 is 22.0 Å². The predicted octanol–water partition coefficient (Wildman–Crippen LogP) is 0.902. The Morgan fingerprint density at radius 2 is 1.82 bits per heavy atom. The number of rotatable bonds is 4. The Morgan fingerprint density at radius 3 is 2.55 bits per heavy atom. The maximum Gasteiger partial charge on any atom is 0.411 e. The first kappa shape index (κ1) is 20.2. The molecular weight excluding hydrogens is 427 g/mol. The van der Waals surface area contributed by atoms with Crippen LogP contribution >= 0.6 is 0 Å². The monoisotopic (exact) mass is 445 g/mol. The number of H-pyrrole nitrogens is 1. The fourth-order valence-corrected chi connectivity index (χ4v) is 3.62. The highest BCUT2D eigenvalue weighted by atomic mass is 19.1. The fraction of sp³-hybridized carbons (Fsp3) is 0.0909. The minimum absolute atomic E-state index is 0.0372. The second kappa shape index (κ2) is 7.79. The normalized spacial score (nSPS) is 11.2. The van der Waals surface area contributed by atoms with Crippen molar-refractivity contribution in [2.24, 2.45) is 7.05 Å². The zero-order valence-electron chi connectivity index (χ0n) is 17.4. The van der Waals surface area contributed by atoms with Crippen LogP contribution in [0.25, 0.3) is 28.2 Å². The molecule has 0 unspecified atom stereocenters. The van der Waals surface area contributed by atoms with Gasteiger partial charge in [0.2, 0.25) is 5.65 Å². The Hall–Kier alpha value is -4.67. The summed E-state index contributed by atoms with van der Waals surface area (Å²) in [5.74, 6) is -0.513. The third-order valence-electron chi connectivity index (χ3n) is 5.22. The third kappa shape index (κ3) is 3.45. The molecule has 1 aromatic carbocycles. The van der Waals surface area contributed by atoms with E-state index in [4.69, 9.17) is 5.73 Å². The second-order valence-corrected chi connectivity index (χ2v) is 7.34. The predicted molar refractivity (Wildman–Crippen MR) is 118 cm³/mol. The van der Waals surface area contributed by atoms with E-state index in [1.165, 1.54) is 40.5 Å². The summed E-state index contributed by atoms with van der Waals surface area (Å²) in [7, 11) is 1.53. The molecule has 0 spiro atoms. The molecular formula is C22H18FN8O2+. The molecule has 11 heteroatoms. The molecule has 0 aliphatic heterocycles. The molecule has 0 saturated carbocycles. The van der Waals surface area contributed by atoms with Crippen LogP contribution in [-0.2, 0) is 13.6 Å². The number of nitrogens with two attached hydrogens (primary N) is 1. The van der Waals surface area contributed by atoms with Gasteiger partial charge in [-0.25, -0.2) is 18.9 Å². The van der Waals surface area contributed by atoms with Crippen molar-refractivity contribution in [3.8, 4) is 22.5 Å². The number of benzene rings is 1. The summed E-state index contributed by atoms with van der Waals surface area (Å²) in [4.78, 5) is 32.1. The third-order valence-corrected chi connectivity index (χ3v) is 5.22. The molecule has 33 heavy (non-hydrogen) atoms. The lowest BCUT2D eigenvalue weighted by molar-refractivity contribution is -0.351. The number of nitrogen functional groups attached to an aromatic ring is 1. The van der Waals surface area contributed by atoms with Gasteiger partial charge in [0.05, 0.1) is 17.9 Å². The number of fused-ring (bicyclic) bond motifs is 1. The maximum atomic E-state index is 14.2. The van der Waals surface area contributed by atoms with Crippen molar-refractivity contribution < 1.29 is 9.37 Å².